The molecule has 27 heavy (non-hydrogen) atoms. The fourth-order valence-electron chi connectivity index (χ4n) is 3.48. The smallest absolute Gasteiger partial charge is 0.328 e. The van der Waals surface area contributed by atoms with E-state index in [-0.39, 0.29) is 29.4 Å². The Morgan fingerprint density at radius 3 is 2.67 bits per heavy atom. The second-order valence-electron chi connectivity index (χ2n) is 6.77. The molecule has 0 unspecified atom stereocenters. The number of benzene rings is 1. The lowest BCUT2D eigenvalue weighted by molar-refractivity contribution is -0.386. The number of carbonyl (C=O) groups excluding carboxylic acids is 2. The van der Waals surface area contributed by atoms with Crippen molar-refractivity contribution in [3.63, 3.8) is 0 Å². The third-order valence-electron chi connectivity index (χ3n) is 4.87. The van der Waals surface area contributed by atoms with Crippen molar-refractivity contribution in [2.45, 2.75) is 52.7 Å². The molecule has 3 rings (SSSR count). The van der Waals surface area contributed by atoms with Crippen LogP contribution in [0.4, 0.5) is 5.69 Å². The number of aryl methyl sites for hydroxylation is 3. The summed E-state index contributed by atoms with van der Waals surface area (Å²) < 4.78 is 6.46. The first kappa shape index (κ1) is 18.8. The van der Waals surface area contributed by atoms with Crippen LogP contribution in [0.15, 0.2) is 18.2 Å². The Labute approximate surface area is 156 Å². The van der Waals surface area contributed by atoms with Crippen LogP contribution in [0.1, 0.15) is 46.2 Å². The van der Waals surface area contributed by atoms with Gasteiger partial charge in [-0.15, -0.1) is 0 Å². The summed E-state index contributed by atoms with van der Waals surface area (Å²) in [7, 11) is 0. The lowest BCUT2D eigenvalue weighted by Gasteiger charge is -2.13. The van der Waals surface area contributed by atoms with E-state index in [2.05, 4.69) is 5.10 Å². The number of rotatable bonds is 6. The lowest BCUT2D eigenvalue weighted by Crippen LogP contribution is -2.27. The van der Waals surface area contributed by atoms with Gasteiger partial charge in [-0.3, -0.25) is 24.4 Å². The molecule has 0 amide bonds. The van der Waals surface area contributed by atoms with Crippen LogP contribution in [0, 0.1) is 24.0 Å². The van der Waals surface area contributed by atoms with Crippen molar-refractivity contribution in [2.24, 2.45) is 0 Å². The Morgan fingerprint density at radius 2 is 2.00 bits per heavy atom. The number of ether oxygens (including phenoxy) is 1. The fourth-order valence-corrected chi connectivity index (χ4v) is 3.48. The van der Waals surface area contributed by atoms with Crippen LogP contribution < -0.4 is 0 Å². The molecule has 0 radical (unpaired) electrons. The monoisotopic (exact) mass is 371 g/mol. The van der Waals surface area contributed by atoms with Gasteiger partial charge in [-0.25, -0.2) is 0 Å². The summed E-state index contributed by atoms with van der Waals surface area (Å²) in [4.78, 5) is 35.3. The van der Waals surface area contributed by atoms with Crippen LogP contribution in [0.5, 0.6) is 0 Å². The minimum atomic E-state index is -0.941. The SMILES string of the molecule is Cc1nn(CC(=O)O[C@H](C)C(=O)c2ccc3c(c2)CCC3)c(C)c1[N+](=O)[O-]. The van der Waals surface area contributed by atoms with E-state index < -0.39 is 17.0 Å². The molecule has 1 aromatic heterocycles. The van der Waals surface area contributed by atoms with Crippen LogP contribution in [-0.4, -0.2) is 32.6 Å². The van der Waals surface area contributed by atoms with Gasteiger partial charge >= 0.3 is 11.7 Å². The molecule has 1 heterocycles. The van der Waals surface area contributed by atoms with E-state index in [0.29, 0.717) is 5.56 Å². The maximum atomic E-state index is 12.6. The fraction of sp³-hybridized carbons (Fsp3) is 0.421. The standard InChI is InChI=1S/C19H21N3O5/c1-11-18(22(25)26)12(2)21(20-11)10-17(23)27-13(3)19(24)16-8-7-14-5-4-6-15(14)9-16/h7-9,13H,4-6,10H2,1-3H3/t13-/m1/s1. The number of ketones is 1. The van der Waals surface area contributed by atoms with E-state index in [1.807, 2.05) is 12.1 Å². The van der Waals surface area contributed by atoms with Crippen molar-refractivity contribution >= 4 is 17.4 Å². The van der Waals surface area contributed by atoms with E-state index in [1.165, 1.54) is 36.6 Å². The molecule has 0 saturated heterocycles. The highest BCUT2D eigenvalue weighted by molar-refractivity contribution is 6.00. The summed E-state index contributed by atoms with van der Waals surface area (Å²) in [6.45, 7) is 4.26. The average molecular weight is 371 g/mol. The van der Waals surface area contributed by atoms with Crippen molar-refractivity contribution in [3.8, 4) is 0 Å². The number of nitro groups is 1. The summed E-state index contributed by atoms with van der Waals surface area (Å²) >= 11 is 0. The zero-order valence-corrected chi connectivity index (χ0v) is 15.5. The summed E-state index contributed by atoms with van der Waals surface area (Å²) in [6, 6.07) is 5.60. The minimum absolute atomic E-state index is 0.120. The Balaban J connectivity index is 1.66. The molecule has 1 aliphatic rings. The number of esters is 1. The third-order valence-corrected chi connectivity index (χ3v) is 4.87. The summed E-state index contributed by atoms with van der Waals surface area (Å²) in [5, 5.41) is 15.0. The van der Waals surface area contributed by atoms with Gasteiger partial charge in [-0.1, -0.05) is 12.1 Å². The van der Waals surface area contributed by atoms with Gasteiger partial charge in [0.1, 0.15) is 17.9 Å². The molecule has 1 aliphatic carbocycles. The number of aromatic nitrogens is 2. The van der Waals surface area contributed by atoms with E-state index in [4.69, 9.17) is 4.74 Å². The highest BCUT2D eigenvalue weighted by Gasteiger charge is 2.25. The highest BCUT2D eigenvalue weighted by Crippen LogP contribution is 2.24. The maximum Gasteiger partial charge on any atom is 0.328 e. The molecule has 8 heteroatoms. The Morgan fingerprint density at radius 1 is 1.30 bits per heavy atom. The number of hydrogen-bond donors (Lipinski definition) is 0. The van der Waals surface area contributed by atoms with E-state index in [9.17, 15) is 19.7 Å². The number of Topliss-reactive ketones (excluding diaryl/α,β-unsaturated/α-hetero) is 1. The topological polar surface area (TPSA) is 104 Å². The summed E-state index contributed by atoms with van der Waals surface area (Å²) in [6.07, 6.45) is 2.14. The van der Waals surface area contributed by atoms with Gasteiger partial charge in [0.25, 0.3) is 0 Å². The van der Waals surface area contributed by atoms with Gasteiger partial charge in [0.2, 0.25) is 5.78 Å². The number of hydrogen-bond acceptors (Lipinski definition) is 6. The molecule has 8 nitrogen and oxygen atoms in total. The predicted octanol–water partition coefficient (Wildman–Crippen LogP) is 2.71. The molecule has 0 fully saturated rings. The summed E-state index contributed by atoms with van der Waals surface area (Å²) in [5.41, 5.74) is 3.35. The van der Waals surface area contributed by atoms with E-state index in [0.717, 1.165) is 19.3 Å². The Hall–Kier alpha value is -3.03. The quantitative estimate of drug-likeness (QED) is 0.335. The molecular formula is C19H21N3O5. The highest BCUT2D eigenvalue weighted by atomic mass is 16.6. The van der Waals surface area contributed by atoms with Gasteiger partial charge in [0.05, 0.1) is 4.92 Å². The first-order valence-corrected chi connectivity index (χ1v) is 8.81. The molecule has 1 atom stereocenters. The Kier molecular flexibility index (Phi) is 5.07. The zero-order chi connectivity index (χ0) is 19.7. The largest absolute Gasteiger partial charge is 0.453 e. The Bertz CT molecular complexity index is 932. The molecule has 0 spiro atoms. The van der Waals surface area contributed by atoms with Gasteiger partial charge in [-0.2, -0.15) is 5.10 Å². The molecular weight excluding hydrogens is 350 g/mol. The number of carbonyl (C=O) groups is 2. The molecule has 0 aliphatic heterocycles. The molecule has 0 N–H and O–H groups in total. The van der Waals surface area contributed by atoms with Gasteiger partial charge in [0, 0.05) is 5.56 Å². The van der Waals surface area contributed by atoms with Crippen LogP contribution in [-0.2, 0) is 28.9 Å². The third kappa shape index (κ3) is 3.74. The first-order chi connectivity index (χ1) is 12.8. The van der Waals surface area contributed by atoms with Crippen LogP contribution in [0.3, 0.4) is 0 Å². The molecule has 0 bridgehead atoms. The van der Waals surface area contributed by atoms with Gasteiger partial charge in [0.15, 0.2) is 6.10 Å². The van der Waals surface area contributed by atoms with Crippen molar-refractivity contribution in [1.82, 2.24) is 9.78 Å². The lowest BCUT2D eigenvalue weighted by atomic mass is 10.0. The molecule has 142 valence electrons. The normalized spacial score (nSPS) is 13.9. The van der Waals surface area contributed by atoms with Crippen LogP contribution in [0.2, 0.25) is 0 Å². The van der Waals surface area contributed by atoms with Crippen molar-refractivity contribution in [3.05, 3.63) is 56.4 Å². The van der Waals surface area contributed by atoms with Crippen LogP contribution in [0.25, 0.3) is 0 Å². The van der Waals surface area contributed by atoms with Crippen molar-refractivity contribution < 1.29 is 19.2 Å². The zero-order valence-electron chi connectivity index (χ0n) is 15.5. The van der Waals surface area contributed by atoms with Crippen molar-refractivity contribution in [2.75, 3.05) is 0 Å². The average Bonchev–Trinajstić information content (AvgIpc) is 3.17. The van der Waals surface area contributed by atoms with E-state index in [1.54, 1.807) is 6.07 Å². The molecule has 2 aromatic rings. The molecule has 1 aromatic carbocycles. The number of nitrogens with zero attached hydrogens (tertiary/aromatic N) is 3. The summed E-state index contributed by atoms with van der Waals surface area (Å²) in [5.74, 6) is -0.935. The van der Waals surface area contributed by atoms with Crippen LogP contribution >= 0.6 is 0 Å². The van der Waals surface area contributed by atoms with Crippen molar-refractivity contribution in [1.29, 1.82) is 0 Å². The predicted molar refractivity (Wildman–Crippen MR) is 96.7 cm³/mol. The van der Waals surface area contributed by atoms with Gasteiger partial charge < -0.3 is 4.74 Å². The minimum Gasteiger partial charge on any atom is -0.453 e. The molecule has 0 saturated carbocycles. The second-order valence-corrected chi connectivity index (χ2v) is 6.77. The first-order valence-electron chi connectivity index (χ1n) is 8.81. The maximum absolute atomic E-state index is 12.6. The second kappa shape index (κ2) is 7.30. The van der Waals surface area contributed by atoms with E-state index >= 15 is 0 Å². The van der Waals surface area contributed by atoms with Gasteiger partial charge in [-0.05, 0) is 57.2 Å². The number of fused-ring (bicyclic) bond motifs is 1.